The molecule has 0 aromatic carbocycles. The summed E-state index contributed by atoms with van der Waals surface area (Å²) < 4.78 is 5.56. The fourth-order valence-corrected chi connectivity index (χ4v) is 7.39. The van der Waals surface area contributed by atoms with Crippen LogP contribution in [0.5, 0.6) is 0 Å². The molecule has 4 rings (SSSR count). The Bertz CT molecular complexity index is 652. The molecule has 0 bridgehead atoms. The minimum Gasteiger partial charge on any atom is -0.462 e. The first kappa shape index (κ1) is 18.0. The SMILES string of the molecule is C[C@]12CC[C@H](OC(=O)CC#N)CC1CC[C@@H]1[C@@H]2CC[C@]2(C)C(=O)CC[C@@H]12. The van der Waals surface area contributed by atoms with Gasteiger partial charge in [-0.3, -0.25) is 9.59 Å². The highest BCUT2D eigenvalue weighted by molar-refractivity contribution is 5.87. The van der Waals surface area contributed by atoms with Crippen molar-refractivity contribution in [2.45, 2.75) is 84.2 Å². The number of carbonyl (C=O) groups excluding carboxylic acids is 2. The standard InChI is InChI=1S/C22H31NO3/c1-21-10-7-15(26-20(25)9-12-23)13-14(21)3-4-16-17-5-6-19(24)22(17,2)11-8-18(16)21/h14-18H,3-11,13H2,1-2H3/t14?,15-,16-,17-,18-,21-,22-/m0/s1. The van der Waals surface area contributed by atoms with Crippen LogP contribution in [0.2, 0.25) is 0 Å². The summed E-state index contributed by atoms with van der Waals surface area (Å²) in [5, 5.41) is 8.66. The maximum Gasteiger partial charge on any atom is 0.320 e. The molecule has 4 aliphatic carbocycles. The lowest BCUT2D eigenvalue weighted by molar-refractivity contribution is -0.161. The van der Waals surface area contributed by atoms with Gasteiger partial charge in [0.05, 0.1) is 6.07 Å². The molecular weight excluding hydrogens is 326 g/mol. The summed E-state index contributed by atoms with van der Waals surface area (Å²) >= 11 is 0. The van der Waals surface area contributed by atoms with Crippen LogP contribution in [0.15, 0.2) is 0 Å². The molecular formula is C22H31NO3. The van der Waals surface area contributed by atoms with Gasteiger partial charge in [0.1, 0.15) is 18.3 Å². The predicted molar refractivity (Wildman–Crippen MR) is 96.8 cm³/mol. The van der Waals surface area contributed by atoms with Crippen LogP contribution in [-0.4, -0.2) is 17.9 Å². The van der Waals surface area contributed by atoms with Gasteiger partial charge in [0, 0.05) is 11.8 Å². The molecule has 0 N–H and O–H groups in total. The van der Waals surface area contributed by atoms with Gasteiger partial charge < -0.3 is 4.74 Å². The Balaban J connectivity index is 1.48. The molecule has 4 saturated carbocycles. The van der Waals surface area contributed by atoms with E-state index in [-0.39, 0.29) is 23.9 Å². The Morgan fingerprint density at radius 3 is 2.73 bits per heavy atom. The van der Waals surface area contributed by atoms with E-state index in [4.69, 9.17) is 10.00 Å². The number of nitriles is 1. The second kappa shape index (κ2) is 6.36. The molecule has 142 valence electrons. The number of rotatable bonds is 2. The summed E-state index contributed by atoms with van der Waals surface area (Å²) in [6, 6.07) is 1.88. The second-order valence-electron chi connectivity index (χ2n) is 9.80. The zero-order valence-electron chi connectivity index (χ0n) is 16.1. The van der Waals surface area contributed by atoms with Crippen molar-refractivity contribution < 1.29 is 14.3 Å². The molecule has 4 nitrogen and oxygen atoms in total. The van der Waals surface area contributed by atoms with Crippen LogP contribution in [0, 0.1) is 45.8 Å². The third-order valence-electron chi connectivity index (χ3n) is 8.85. The number of hydrogen-bond donors (Lipinski definition) is 0. The summed E-state index contributed by atoms with van der Waals surface area (Å²) in [6.07, 6.45) is 9.43. The number of ether oxygens (including phenoxy) is 1. The van der Waals surface area contributed by atoms with E-state index in [1.807, 2.05) is 6.07 Å². The van der Waals surface area contributed by atoms with Crippen LogP contribution in [0.4, 0.5) is 0 Å². The van der Waals surface area contributed by atoms with E-state index in [1.54, 1.807) is 0 Å². The maximum absolute atomic E-state index is 12.5. The van der Waals surface area contributed by atoms with Gasteiger partial charge in [0.15, 0.2) is 0 Å². The molecule has 0 amide bonds. The smallest absolute Gasteiger partial charge is 0.320 e. The van der Waals surface area contributed by atoms with Crippen molar-refractivity contribution in [3.8, 4) is 6.07 Å². The van der Waals surface area contributed by atoms with Crippen molar-refractivity contribution in [1.82, 2.24) is 0 Å². The Morgan fingerprint density at radius 2 is 1.96 bits per heavy atom. The average Bonchev–Trinajstić information content (AvgIpc) is 2.91. The zero-order chi connectivity index (χ0) is 18.5. The first-order valence-corrected chi connectivity index (χ1v) is 10.5. The Morgan fingerprint density at radius 1 is 1.15 bits per heavy atom. The van der Waals surface area contributed by atoms with Gasteiger partial charge in [-0.25, -0.2) is 0 Å². The minimum absolute atomic E-state index is 0.00705. The van der Waals surface area contributed by atoms with E-state index in [0.29, 0.717) is 29.0 Å². The van der Waals surface area contributed by atoms with Gasteiger partial charge >= 0.3 is 5.97 Å². The zero-order valence-corrected chi connectivity index (χ0v) is 16.1. The summed E-state index contributed by atoms with van der Waals surface area (Å²) in [4.78, 5) is 24.2. The molecule has 0 aliphatic heterocycles. The number of carbonyl (C=O) groups is 2. The van der Waals surface area contributed by atoms with Gasteiger partial charge in [-0.15, -0.1) is 0 Å². The number of fused-ring (bicyclic) bond motifs is 5. The quantitative estimate of drug-likeness (QED) is 0.686. The number of esters is 1. The Kier molecular flexibility index (Phi) is 4.40. The summed E-state index contributed by atoms with van der Waals surface area (Å²) in [7, 11) is 0. The maximum atomic E-state index is 12.5. The van der Waals surface area contributed by atoms with Gasteiger partial charge in [0.2, 0.25) is 0 Å². The lowest BCUT2D eigenvalue weighted by Crippen LogP contribution is -2.54. The van der Waals surface area contributed by atoms with E-state index in [2.05, 4.69) is 13.8 Å². The first-order valence-electron chi connectivity index (χ1n) is 10.5. The van der Waals surface area contributed by atoms with Crippen LogP contribution in [0.3, 0.4) is 0 Å². The van der Waals surface area contributed by atoms with E-state index in [1.165, 1.54) is 19.3 Å². The van der Waals surface area contributed by atoms with Crippen molar-refractivity contribution in [3.63, 3.8) is 0 Å². The molecule has 0 radical (unpaired) electrons. The van der Waals surface area contributed by atoms with Gasteiger partial charge in [-0.05, 0) is 80.5 Å². The van der Waals surface area contributed by atoms with Crippen LogP contribution in [0.1, 0.15) is 78.1 Å². The van der Waals surface area contributed by atoms with Gasteiger partial charge in [-0.1, -0.05) is 13.8 Å². The van der Waals surface area contributed by atoms with Crippen molar-refractivity contribution >= 4 is 11.8 Å². The summed E-state index contributed by atoms with van der Waals surface area (Å²) in [6.45, 7) is 4.71. The highest BCUT2D eigenvalue weighted by Gasteiger charge is 2.60. The minimum atomic E-state index is -0.368. The molecule has 0 aromatic heterocycles. The molecule has 4 heteroatoms. The Hall–Kier alpha value is -1.37. The van der Waals surface area contributed by atoms with E-state index in [9.17, 15) is 9.59 Å². The molecule has 1 unspecified atom stereocenters. The number of ketones is 1. The predicted octanol–water partition coefficient (Wildman–Crippen LogP) is 4.42. The molecule has 0 spiro atoms. The topological polar surface area (TPSA) is 67.2 Å². The average molecular weight is 357 g/mol. The van der Waals surface area contributed by atoms with Crippen molar-refractivity contribution in [2.75, 3.05) is 0 Å². The third-order valence-corrected chi connectivity index (χ3v) is 8.85. The fourth-order valence-electron chi connectivity index (χ4n) is 7.39. The largest absolute Gasteiger partial charge is 0.462 e. The lowest BCUT2D eigenvalue weighted by Gasteiger charge is -2.60. The van der Waals surface area contributed by atoms with E-state index < -0.39 is 0 Å². The monoisotopic (exact) mass is 357 g/mol. The summed E-state index contributed by atoms with van der Waals surface area (Å²) in [5.74, 6) is 2.78. The fraction of sp³-hybridized carbons (Fsp3) is 0.864. The van der Waals surface area contributed by atoms with Crippen LogP contribution >= 0.6 is 0 Å². The highest BCUT2D eigenvalue weighted by Crippen LogP contribution is 2.65. The molecule has 4 fully saturated rings. The molecule has 4 aliphatic rings. The molecule has 7 atom stereocenters. The number of nitrogens with zero attached hydrogens (tertiary/aromatic N) is 1. The van der Waals surface area contributed by atoms with Gasteiger partial charge in [0.25, 0.3) is 0 Å². The normalized spacial score (nSPS) is 47.3. The third kappa shape index (κ3) is 2.62. The van der Waals surface area contributed by atoms with Crippen molar-refractivity contribution in [3.05, 3.63) is 0 Å². The van der Waals surface area contributed by atoms with Crippen LogP contribution in [-0.2, 0) is 14.3 Å². The van der Waals surface area contributed by atoms with Crippen molar-refractivity contribution in [1.29, 1.82) is 5.26 Å². The molecule has 0 heterocycles. The van der Waals surface area contributed by atoms with E-state index >= 15 is 0 Å². The number of Topliss-reactive ketones (excluding diaryl/α,β-unsaturated/α-hetero) is 1. The first-order chi connectivity index (χ1) is 12.4. The summed E-state index contributed by atoms with van der Waals surface area (Å²) in [5.41, 5.74) is 0.280. The van der Waals surface area contributed by atoms with Crippen LogP contribution < -0.4 is 0 Å². The molecule has 0 saturated heterocycles. The van der Waals surface area contributed by atoms with E-state index in [0.717, 1.165) is 44.4 Å². The van der Waals surface area contributed by atoms with Crippen molar-refractivity contribution in [2.24, 2.45) is 34.5 Å². The van der Waals surface area contributed by atoms with Gasteiger partial charge in [-0.2, -0.15) is 5.26 Å². The van der Waals surface area contributed by atoms with Crippen LogP contribution in [0.25, 0.3) is 0 Å². The number of hydrogen-bond acceptors (Lipinski definition) is 4. The Labute approximate surface area is 156 Å². The molecule has 0 aromatic rings. The highest BCUT2D eigenvalue weighted by atomic mass is 16.5. The second-order valence-corrected chi connectivity index (χ2v) is 9.80. The lowest BCUT2D eigenvalue weighted by atomic mass is 9.45. The molecule has 26 heavy (non-hydrogen) atoms.